The Balaban J connectivity index is 2.19. The van der Waals surface area contributed by atoms with Gasteiger partial charge in [-0.2, -0.15) is 13.2 Å². The van der Waals surface area contributed by atoms with Gasteiger partial charge in [-0.15, -0.1) is 0 Å². The number of nitrogens with one attached hydrogen (secondary N) is 1. The largest absolute Gasteiger partial charge is 0.416 e. The fourth-order valence-electron chi connectivity index (χ4n) is 1.94. The third-order valence-electron chi connectivity index (χ3n) is 3.01. The summed E-state index contributed by atoms with van der Waals surface area (Å²) in [7, 11) is 0. The summed E-state index contributed by atoms with van der Waals surface area (Å²) < 4.78 is 42.3. The Morgan fingerprint density at radius 3 is 2.80 bits per heavy atom. The summed E-state index contributed by atoms with van der Waals surface area (Å²) in [5.74, 6) is -0.719. The van der Waals surface area contributed by atoms with E-state index in [2.05, 4.69) is 9.72 Å². The molecule has 1 aromatic heterocycles. The highest BCUT2D eigenvalue weighted by Gasteiger charge is 2.44. The Bertz CT molecular complexity index is 568. The molecular weight excluding hydrogens is 277 g/mol. The standard InChI is InChI=1S/C12H13F3N2O3/c1-7-4-9(18)8(5-16-7)11(19)17-2-3-20-10(6-17)12(13,14)15/h4-5,10H,2-3,6H2,1H3,(H,16,18)/t10-/m0/s1. The van der Waals surface area contributed by atoms with Crippen LogP contribution in [0, 0.1) is 6.92 Å². The molecule has 0 saturated carbocycles. The molecule has 1 fully saturated rings. The lowest BCUT2D eigenvalue weighted by Gasteiger charge is -2.33. The van der Waals surface area contributed by atoms with E-state index < -0.39 is 30.2 Å². The molecule has 1 aliphatic heterocycles. The molecule has 2 heterocycles. The van der Waals surface area contributed by atoms with E-state index in [0.717, 1.165) is 4.90 Å². The number of morpholine rings is 1. The van der Waals surface area contributed by atoms with Gasteiger partial charge in [0.2, 0.25) is 0 Å². The highest BCUT2D eigenvalue weighted by Crippen LogP contribution is 2.26. The fraction of sp³-hybridized carbons (Fsp3) is 0.500. The number of hydrogen-bond donors (Lipinski definition) is 1. The lowest BCUT2D eigenvalue weighted by Crippen LogP contribution is -2.51. The number of hydrogen-bond acceptors (Lipinski definition) is 3. The molecule has 5 nitrogen and oxygen atoms in total. The molecule has 0 radical (unpaired) electrons. The zero-order chi connectivity index (χ0) is 14.9. The number of rotatable bonds is 1. The molecule has 1 amide bonds. The summed E-state index contributed by atoms with van der Waals surface area (Å²) in [6.07, 6.45) is -5.32. The minimum atomic E-state index is -4.53. The van der Waals surface area contributed by atoms with E-state index in [0.29, 0.717) is 5.69 Å². The van der Waals surface area contributed by atoms with Crippen LogP contribution in [-0.2, 0) is 4.74 Å². The number of halogens is 3. The van der Waals surface area contributed by atoms with Crippen molar-refractivity contribution in [3.8, 4) is 0 Å². The number of pyridine rings is 1. The molecule has 110 valence electrons. The molecule has 1 N–H and O–H groups in total. The van der Waals surface area contributed by atoms with Crippen LogP contribution in [0.2, 0.25) is 0 Å². The zero-order valence-electron chi connectivity index (χ0n) is 10.7. The molecule has 0 unspecified atom stereocenters. The van der Waals surface area contributed by atoms with Gasteiger partial charge in [-0.05, 0) is 6.92 Å². The van der Waals surface area contributed by atoms with Crippen molar-refractivity contribution in [3.63, 3.8) is 0 Å². The lowest BCUT2D eigenvalue weighted by molar-refractivity contribution is -0.233. The highest BCUT2D eigenvalue weighted by molar-refractivity contribution is 5.93. The Hall–Kier alpha value is -1.83. The normalized spacial score (nSPS) is 20.0. The van der Waals surface area contributed by atoms with Gasteiger partial charge in [0.1, 0.15) is 5.56 Å². The molecule has 0 spiro atoms. The molecule has 8 heteroatoms. The minimum Gasteiger partial charge on any atom is -0.365 e. The number of ether oxygens (including phenoxy) is 1. The van der Waals surface area contributed by atoms with Crippen molar-refractivity contribution < 1.29 is 22.7 Å². The summed E-state index contributed by atoms with van der Waals surface area (Å²) in [5.41, 5.74) is -0.110. The van der Waals surface area contributed by atoms with Crippen LogP contribution in [0.4, 0.5) is 13.2 Å². The number of carbonyl (C=O) groups excluding carboxylic acids is 1. The van der Waals surface area contributed by atoms with Crippen molar-refractivity contribution in [2.45, 2.75) is 19.2 Å². The first-order valence-electron chi connectivity index (χ1n) is 5.96. The van der Waals surface area contributed by atoms with Gasteiger partial charge in [-0.3, -0.25) is 9.59 Å². The molecule has 1 aliphatic rings. The second-order valence-corrected chi connectivity index (χ2v) is 4.55. The lowest BCUT2D eigenvalue weighted by atomic mass is 10.2. The van der Waals surface area contributed by atoms with E-state index in [4.69, 9.17) is 0 Å². The van der Waals surface area contributed by atoms with Gasteiger partial charge in [-0.25, -0.2) is 0 Å². The molecule has 0 aliphatic carbocycles. The van der Waals surface area contributed by atoms with Crippen LogP contribution in [0.15, 0.2) is 17.1 Å². The van der Waals surface area contributed by atoms with Gasteiger partial charge < -0.3 is 14.6 Å². The van der Waals surface area contributed by atoms with Crippen LogP contribution in [0.1, 0.15) is 16.1 Å². The summed E-state index contributed by atoms with van der Waals surface area (Å²) >= 11 is 0. The van der Waals surface area contributed by atoms with Gasteiger partial charge >= 0.3 is 6.18 Å². The van der Waals surface area contributed by atoms with Crippen LogP contribution < -0.4 is 5.43 Å². The maximum absolute atomic E-state index is 12.6. The van der Waals surface area contributed by atoms with Crippen LogP contribution in [-0.4, -0.2) is 47.8 Å². The predicted molar refractivity (Wildman–Crippen MR) is 63.5 cm³/mol. The number of carbonyl (C=O) groups is 1. The van der Waals surface area contributed by atoms with Crippen molar-refractivity contribution >= 4 is 5.91 Å². The van der Waals surface area contributed by atoms with Crippen molar-refractivity contribution in [3.05, 3.63) is 33.7 Å². The van der Waals surface area contributed by atoms with Crippen LogP contribution in [0.5, 0.6) is 0 Å². The maximum Gasteiger partial charge on any atom is 0.416 e. The van der Waals surface area contributed by atoms with E-state index in [1.807, 2.05) is 0 Å². The van der Waals surface area contributed by atoms with E-state index in [9.17, 15) is 22.8 Å². The third-order valence-corrected chi connectivity index (χ3v) is 3.01. The Kier molecular flexibility index (Phi) is 3.85. The molecule has 2 rings (SSSR count). The molecule has 1 saturated heterocycles. The molecule has 0 aromatic carbocycles. The van der Waals surface area contributed by atoms with Crippen molar-refractivity contribution in [2.24, 2.45) is 0 Å². The smallest absolute Gasteiger partial charge is 0.365 e. The number of aromatic nitrogens is 1. The number of amides is 1. The summed E-state index contributed by atoms with van der Waals surface area (Å²) in [6, 6.07) is 1.23. The van der Waals surface area contributed by atoms with Gasteiger partial charge in [0.25, 0.3) is 5.91 Å². The van der Waals surface area contributed by atoms with Crippen molar-refractivity contribution in [1.29, 1.82) is 0 Å². The quantitative estimate of drug-likeness (QED) is 0.842. The monoisotopic (exact) mass is 290 g/mol. The summed E-state index contributed by atoms with van der Waals surface area (Å²) in [6.45, 7) is 0.859. The molecular formula is C12H13F3N2O3. The zero-order valence-corrected chi connectivity index (χ0v) is 10.7. The van der Waals surface area contributed by atoms with Crippen molar-refractivity contribution in [2.75, 3.05) is 19.7 Å². The fourth-order valence-corrected chi connectivity index (χ4v) is 1.94. The van der Waals surface area contributed by atoms with Crippen LogP contribution in [0.25, 0.3) is 0 Å². The minimum absolute atomic E-state index is 0.0265. The molecule has 1 atom stereocenters. The third kappa shape index (κ3) is 3.01. The topological polar surface area (TPSA) is 62.4 Å². The predicted octanol–water partition coefficient (Wildman–Crippen LogP) is 1.09. The van der Waals surface area contributed by atoms with Crippen LogP contribution in [0.3, 0.4) is 0 Å². The number of aromatic amines is 1. The molecule has 1 aromatic rings. The van der Waals surface area contributed by atoms with E-state index in [-0.39, 0.29) is 18.7 Å². The van der Waals surface area contributed by atoms with E-state index >= 15 is 0 Å². The number of alkyl halides is 3. The molecule has 20 heavy (non-hydrogen) atoms. The SMILES string of the molecule is Cc1cc(=O)c(C(=O)N2CCO[C@H](C(F)(F)F)C2)c[nH]1. The van der Waals surface area contributed by atoms with E-state index in [1.165, 1.54) is 12.3 Å². The number of nitrogens with zero attached hydrogens (tertiary/aromatic N) is 1. The Morgan fingerprint density at radius 1 is 1.50 bits per heavy atom. The average molecular weight is 290 g/mol. The second kappa shape index (κ2) is 5.28. The number of aryl methyl sites for hydroxylation is 1. The first-order valence-corrected chi connectivity index (χ1v) is 5.96. The Labute approximate surface area is 112 Å². The first kappa shape index (κ1) is 14.6. The van der Waals surface area contributed by atoms with E-state index in [1.54, 1.807) is 6.92 Å². The summed E-state index contributed by atoms with van der Waals surface area (Å²) in [4.78, 5) is 27.5. The Morgan fingerprint density at radius 2 is 2.20 bits per heavy atom. The van der Waals surface area contributed by atoms with Gasteiger partial charge in [0.05, 0.1) is 13.2 Å². The summed E-state index contributed by atoms with van der Waals surface area (Å²) in [5, 5.41) is 0. The second-order valence-electron chi connectivity index (χ2n) is 4.55. The van der Waals surface area contributed by atoms with Crippen LogP contribution >= 0.6 is 0 Å². The molecule has 0 bridgehead atoms. The van der Waals surface area contributed by atoms with Gasteiger partial charge in [0, 0.05) is 24.5 Å². The van der Waals surface area contributed by atoms with Crippen molar-refractivity contribution in [1.82, 2.24) is 9.88 Å². The average Bonchev–Trinajstić information content (AvgIpc) is 2.37. The van der Waals surface area contributed by atoms with Gasteiger partial charge in [0.15, 0.2) is 11.5 Å². The highest BCUT2D eigenvalue weighted by atomic mass is 19.4. The number of H-pyrrole nitrogens is 1. The van der Waals surface area contributed by atoms with Gasteiger partial charge in [-0.1, -0.05) is 0 Å². The first-order chi connectivity index (χ1) is 9.29. The maximum atomic E-state index is 12.6.